The Hall–Kier alpha value is -4.73. The SMILES string of the molecule is COC[C@@H](CCO)c1cc2ccc3c(c2oc1=O)[C@H]1OC(=O)C[C@@H]2C[C@H](c4ccccc4)CC[C@H]2c2ccc(cc2)CCC(=C(C)C)C(=O)O[C@@H]1C(C)(C)O3. The van der Waals surface area contributed by atoms with Gasteiger partial charge in [0, 0.05) is 42.6 Å². The van der Waals surface area contributed by atoms with Gasteiger partial charge in [-0.05, 0) is 119 Å². The van der Waals surface area contributed by atoms with Crippen molar-refractivity contribution in [2.45, 2.75) is 108 Å². The minimum Gasteiger partial charge on any atom is -0.483 e. The van der Waals surface area contributed by atoms with Crippen LogP contribution in [0.2, 0.25) is 0 Å². The molecular formula is C46H52O9. The van der Waals surface area contributed by atoms with Crippen molar-refractivity contribution in [1.29, 1.82) is 0 Å². The number of rotatable bonds is 6. The lowest BCUT2D eigenvalue weighted by atomic mass is 9.68. The molecule has 0 unspecified atom stereocenters. The Bertz CT molecular complexity index is 2100. The third-order valence-corrected chi connectivity index (χ3v) is 11.9. The van der Waals surface area contributed by atoms with E-state index in [9.17, 15) is 19.5 Å². The molecule has 0 saturated heterocycles. The molecule has 0 amide bonds. The van der Waals surface area contributed by atoms with Crippen molar-refractivity contribution < 1.29 is 38.1 Å². The van der Waals surface area contributed by atoms with E-state index in [4.69, 9.17) is 23.4 Å². The fraction of sp³-hybridized carbons (Fsp3) is 0.457. The zero-order valence-corrected chi connectivity index (χ0v) is 32.5. The zero-order valence-electron chi connectivity index (χ0n) is 32.5. The van der Waals surface area contributed by atoms with Crippen LogP contribution in [0.3, 0.4) is 0 Å². The molecule has 55 heavy (non-hydrogen) atoms. The molecule has 290 valence electrons. The first-order chi connectivity index (χ1) is 26.5. The molecule has 3 aliphatic heterocycles. The number of aliphatic hydroxyl groups is 1. The number of esters is 2. The summed E-state index contributed by atoms with van der Waals surface area (Å²) in [7, 11) is 1.54. The van der Waals surface area contributed by atoms with Gasteiger partial charge >= 0.3 is 17.6 Å². The molecule has 9 heteroatoms. The largest absolute Gasteiger partial charge is 0.483 e. The average molecular weight is 749 g/mol. The molecular weight excluding hydrogens is 696 g/mol. The number of carbonyl (C=O) groups excluding carboxylic acids is 2. The quantitative estimate of drug-likeness (QED) is 0.117. The first kappa shape index (κ1) is 38.5. The third-order valence-electron chi connectivity index (χ3n) is 11.9. The molecule has 4 aliphatic rings. The highest BCUT2D eigenvalue weighted by atomic mass is 16.6. The van der Waals surface area contributed by atoms with Crippen molar-refractivity contribution in [1.82, 2.24) is 0 Å². The van der Waals surface area contributed by atoms with Crippen LogP contribution in [-0.4, -0.2) is 49.1 Å². The van der Waals surface area contributed by atoms with Gasteiger partial charge in [0.25, 0.3) is 0 Å². The monoisotopic (exact) mass is 748 g/mol. The smallest absolute Gasteiger partial charge is 0.339 e. The van der Waals surface area contributed by atoms with Crippen LogP contribution in [0.15, 0.2) is 93.2 Å². The summed E-state index contributed by atoms with van der Waals surface area (Å²) in [4.78, 5) is 42.4. The highest BCUT2D eigenvalue weighted by molar-refractivity contribution is 5.90. The number of fused-ring (bicyclic) bond motifs is 11. The fourth-order valence-electron chi connectivity index (χ4n) is 9.02. The second kappa shape index (κ2) is 16.2. The molecule has 1 aliphatic carbocycles. The molecule has 9 nitrogen and oxygen atoms in total. The Morgan fingerprint density at radius 1 is 0.927 bits per heavy atom. The summed E-state index contributed by atoms with van der Waals surface area (Å²) in [6.07, 6.45) is 2.14. The molecule has 1 aromatic heterocycles. The van der Waals surface area contributed by atoms with Crippen LogP contribution in [0.5, 0.6) is 5.75 Å². The lowest BCUT2D eigenvalue weighted by Gasteiger charge is -2.43. The number of benzene rings is 3. The molecule has 1 fully saturated rings. The van der Waals surface area contributed by atoms with Crippen molar-refractivity contribution in [2.75, 3.05) is 20.3 Å². The Kier molecular flexibility index (Phi) is 11.3. The van der Waals surface area contributed by atoms with E-state index in [1.807, 2.05) is 33.8 Å². The van der Waals surface area contributed by atoms with E-state index < -0.39 is 41.3 Å². The average Bonchev–Trinajstić information content (AvgIpc) is 3.16. The van der Waals surface area contributed by atoms with E-state index in [-0.39, 0.29) is 37.1 Å². The Balaban J connectivity index is 1.34. The highest BCUT2D eigenvalue weighted by Gasteiger charge is 2.51. The maximum atomic E-state index is 14.5. The third kappa shape index (κ3) is 8.01. The molecule has 1 N–H and O–H groups in total. The summed E-state index contributed by atoms with van der Waals surface area (Å²) >= 11 is 0. The van der Waals surface area contributed by atoms with E-state index in [0.29, 0.717) is 53.0 Å². The first-order valence-electron chi connectivity index (χ1n) is 19.6. The van der Waals surface area contributed by atoms with Gasteiger partial charge in [-0.1, -0.05) is 60.2 Å². The van der Waals surface area contributed by atoms with Gasteiger partial charge < -0.3 is 28.5 Å². The van der Waals surface area contributed by atoms with Crippen molar-refractivity contribution in [3.05, 3.63) is 122 Å². The van der Waals surface area contributed by atoms with Gasteiger partial charge in [-0.3, -0.25) is 4.79 Å². The van der Waals surface area contributed by atoms with E-state index in [1.54, 1.807) is 25.3 Å². The predicted molar refractivity (Wildman–Crippen MR) is 209 cm³/mol. The van der Waals surface area contributed by atoms with Crippen LogP contribution >= 0.6 is 0 Å². The maximum Gasteiger partial charge on any atom is 0.339 e. The Morgan fingerprint density at radius 3 is 2.40 bits per heavy atom. The number of ether oxygens (including phenoxy) is 4. The predicted octanol–water partition coefficient (Wildman–Crippen LogP) is 8.61. The summed E-state index contributed by atoms with van der Waals surface area (Å²) in [6.45, 7) is 7.51. The lowest BCUT2D eigenvalue weighted by molar-refractivity contribution is -0.188. The second-order valence-corrected chi connectivity index (χ2v) is 16.2. The second-order valence-electron chi connectivity index (χ2n) is 16.2. The fourth-order valence-corrected chi connectivity index (χ4v) is 9.02. The number of methoxy groups -OCH3 is 1. The van der Waals surface area contributed by atoms with Gasteiger partial charge in [0.15, 0.2) is 12.2 Å². The minimum atomic E-state index is -1.14. The van der Waals surface area contributed by atoms with Gasteiger partial charge in [0.2, 0.25) is 0 Å². The van der Waals surface area contributed by atoms with Crippen LogP contribution in [0.1, 0.15) is 118 Å². The zero-order chi connectivity index (χ0) is 38.9. The van der Waals surface area contributed by atoms with Gasteiger partial charge in [-0.15, -0.1) is 0 Å². The summed E-state index contributed by atoms with van der Waals surface area (Å²) in [6, 6.07) is 24.4. The molecule has 0 radical (unpaired) electrons. The molecule has 3 aromatic carbocycles. The van der Waals surface area contributed by atoms with Gasteiger partial charge in [-0.2, -0.15) is 0 Å². The molecule has 0 spiro atoms. The Morgan fingerprint density at radius 2 is 1.69 bits per heavy atom. The molecule has 1 saturated carbocycles. The number of hydrogen-bond donors (Lipinski definition) is 1. The highest BCUT2D eigenvalue weighted by Crippen LogP contribution is 2.49. The van der Waals surface area contributed by atoms with Gasteiger partial charge in [-0.25, -0.2) is 9.59 Å². The molecule has 4 heterocycles. The summed E-state index contributed by atoms with van der Waals surface area (Å²) < 4.78 is 31.0. The van der Waals surface area contributed by atoms with Crippen LogP contribution < -0.4 is 10.4 Å². The first-order valence-corrected chi connectivity index (χ1v) is 19.6. The maximum absolute atomic E-state index is 14.5. The van der Waals surface area contributed by atoms with E-state index >= 15 is 0 Å². The van der Waals surface area contributed by atoms with Crippen LogP contribution in [-0.2, 0) is 30.2 Å². The van der Waals surface area contributed by atoms with Gasteiger partial charge in [0.05, 0.1) is 12.2 Å². The Labute approximate surface area is 322 Å². The normalized spacial score (nSPS) is 24.5. The molecule has 2 bridgehead atoms. The molecule has 8 rings (SSSR count). The summed E-state index contributed by atoms with van der Waals surface area (Å²) in [5, 5.41) is 10.3. The number of aliphatic hydroxyl groups excluding tert-OH is 1. The number of aryl methyl sites for hydroxylation is 1. The van der Waals surface area contributed by atoms with Crippen molar-refractivity contribution in [3.8, 4) is 5.75 Å². The lowest BCUT2D eigenvalue weighted by Crippen LogP contribution is -2.52. The van der Waals surface area contributed by atoms with Crippen LogP contribution in [0.4, 0.5) is 0 Å². The summed E-state index contributed by atoms with van der Waals surface area (Å²) in [5.74, 6) is -0.499. The van der Waals surface area contributed by atoms with Gasteiger partial charge in [0.1, 0.15) is 16.9 Å². The van der Waals surface area contributed by atoms with Crippen molar-refractivity contribution in [2.24, 2.45) is 5.92 Å². The van der Waals surface area contributed by atoms with Crippen molar-refractivity contribution >= 4 is 22.9 Å². The van der Waals surface area contributed by atoms with E-state index in [2.05, 4.69) is 48.5 Å². The van der Waals surface area contributed by atoms with Crippen LogP contribution in [0.25, 0.3) is 11.0 Å². The van der Waals surface area contributed by atoms with E-state index in [1.165, 1.54) is 11.1 Å². The topological polar surface area (TPSA) is 122 Å². The molecule has 6 atom stereocenters. The summed E-state index contributed by atoms with van der Waals surface area (Å²) in [5.41, 5.74) is 4.15. The number of hydrogen-bond acceptors (Lipinski definition) is 9. The standard InChI is InChI=1S/C46H52O9/c1-27(2)35-18-13-28-11-14-30(15-12-28)36-19-16-31(29-9-7-6-8-10-29)23-34(36)25-39(48)52-42-40-38(55-46(3,4)43(42)54-44(35)49)20-17-32-24-37(45(50)53-41(32)40)33(21-22-47)26-51-5/h6-12,14-15,17,20,24,31,33-34,36,42-43,47H,13,16,18-19,21-23,25-26H2,1-5H3/t31-,33-,34+,36+,42-,43+/m1/s1. The van der Waals surface area contributed by atoms with E-state index in [0.717, 1.165) is 30.4 Å². The number of allylic oxidation sites excluding steroid dienone is 1. The van der Waals surface area contributed by atoms with Crippen LogP contribution in [0, 0.1) is 5.92 Å². The number of carbonyl (C=O) groups is 2. The minimum absolute atomic E-state index is 0.00643. The molecule has 4 aromatic rings. The van der Waals surface area contributed by atoms with Crippen molar-refractivity contribution in [3.63, 3.8) is 0 Å².